The summed E-state index contributed by atoms with van der Waals surface area (Å²) < 4.78 is 4.46. The molecule has 2 aromatic rings. The van der Waals surface area contributed by atoms with Gasteiger partial charge in [-0.3, -0.25) is 9.59 Å². The van der Waals surface area contributed by atoms with Crippen molar-refractivity contribution in [2.45, 2.75) is 6.42 Å². The standard InChI is InChI=1S/C17H17NO3/c1-21-17(20)12-18-16(19)11-13-7-9-15(10-8-13)14-5-3-2-4-6-14/h2-10H,11-12H2,1H3,(H,18,19). The first-order chi connectivity index (χ1) is 10.2. The van der Waals surface area contributed by atoms with Gasteiger partial charge in [-0.2, -0.15) is 0 Å². The molecule has 0 aliphatic rings. The van der Waals surface area contributed by atoms with Crippen molar-refractivity contribution in [1.29, 1.82) is 0 Å². The lowest BCUT2D eigenvalue weighted by Crippen LogP contribution is -2.31. The average molecular weight is 283 g/mol. The molecule has 108 valence electrons. The quantitative estimate of drug-likeness (QED) is 0.856. The number of ether oxygens (including phenoxy) is 1. The molecule has 0 unspecified atom stereocenters. The summed E-state index contributed by atoms with van der Waals surface area (Å²) in [7, 11) is 1.29. The molecule has 0 spiro atoms. The highest BCUT2D eigenvalue weighted by atomic mass is 16.5. The molecule has 2 rings (SSSR count). The van der Waals surface area contributed by atoms with Gasteiger partial charge in [-0.25, -0.2) is 0 Å². The first-order valence-electron chi connectivity index (χ1n) is 6.67. The molecule has 1 amide bonds. The van der Waals surface area contributed by atoms with Gasteiger partial charge in [0.2, 0.25) is 5.91 Å². The Bertz CT molecular complexity index is 606. The van der Waals surface area contributed by atoms with E-state index in [2.05, 4.69) is 10.1 Å². The van der Waals surface area contributed by atoms with Gasteiger partial charge in [0.25, 0.3) is 0 Å². The first kappa shape index (κ1) is 14.8. The highest BCUT2D eigenvalue weighted by Gasteiger charge is 2.06. The minimum atomic E-state index is -0.456. The maximum Gasteiger partial charge on any atom is 0.325 e. The van der Waals surface area contributed by atoms with Crippen LogP contribution in [0.5, 0.6) is 0 Å². The number of carbonyl (C=O) groups is 2. The van der Waals surface area contributed by atoms with E-state index in [4.69, 9.17) is 0 Å². The number of hydrogen-bond donors (Lipinski definition) is 1. The third-order valence-corrected chi connectivity index (χ3v) is 3.08. The molecule has 0 fully saturated rings. The highest BCUT2D eigenvalue weighted by Crippen LogP contribution is 2.19. The van der Waals surface area contributed by atoms with Crippen molar-refractivity contribution in [2.24, 2.45) is 0 Å². The molecule has 0 aromatic heterocycles. The van der Waals surface area contributed by atoms with E-state index in [9.17, 15) is 9.59 Å². The second-order valence-corrected chi connectivity index (χ2v) is 4.59. The van der Waals surface area contributed by atoms with Crippen LogP contribution >= 0.6 is 0 Å². The van der Waals surface area contributed by atoms with Gasteiger partial charge in [0.15, 0.2) is 0 Å². The summed E-state index contributed by atoms with van der Waals surface area (Å²) >= 11 is 0. The molecular formula is C17H17NO3. The number of amides is 1. The van der Waals surface area contributed by atoms with Gasteiger partial charge in [-0.1, -0.05) is 54.6 Å². The molecular weight excluding hydrogens is 266 g/mol. The maximum absolute atomic E-state index is 11.7. The smallest absolute Gasteiger partial charge is 0.325 e. The molecule has 0 atom stereocenters. The Morgan fingerprint density at radius 3 is 2.19 bits per heavy atom. The first-order valence-corrected chi connectivity index (χ1v) is 6.67. The van der Waals surface area contributed by atoms with Gasteiger partial charge >= 0.3 is 5.97 Å². The number of rotatable bonds is 5. The van der Waals surface area contributed by atoms with Crippen LogP contribution in [-0.4, -0.2) is 25.5 Å². The number of carbonyl (C=O) groups excluding carboxylic acids is 2. The summed E-state index contributed by atoms with van der Waals surface area (Å²) in [6, 6.07) is 17.8. The summed E-state index contributed by atoms with van der Waals surface area (Å²) in [6.45, 7) is -0.0998. The van der Waals surface area contributed by atoms with E-state index in [-0.39, 0.29) is 18.9 Å². The molecule has 4 heteroatoms. The van der Waals surface area contributed by atoms with Crippen molar-refractivity contribution in [3.05, 3.63) is 60.2 Å². The summed E-state index contributed by atoms with van der Waals surface area (Å²) in [5, 5.41) is 2.51. The van der Waals surface area contributed by atoms with Crippen LogP contribution in [0.3, 0.4) is 0 Å². The molecule has 4 nitrogen and oxygen atoms in total. The van der Waals surface area contributed by atoms with Crippen LogP contribution in [0.2, 0.25) is 0 Å². The number of esters is 1. The number of benzene rings is 2. The molecule has 2 aromatic carbocycles. The summed E-state index contributed by atoms with van der Waals surface area (Å²) in [5.74, 6) is -0.657. The monoisotopic (exact) mass is 283 g/mol. The molecule has 21 heavy (non-hydrogen) atoms. The zero-order chi connectivity index (χ0) is 15.1. The van der Waals surface area contributed by atoms with Gasteiger partial charge in [0, 0.05) is 0 Å². The van der Waals surface area contributed by atoms with E-state index >= 15 is 0 Å². The van der Waals surface area contributed by atoms with Gasteiger partial charge < -0.3 is 10.1 Å². The third-order valence-electron chi connectivity index (χ3n) is 3.08. The maximum atomic E-state index is 11.7. The molecule has 0 heterocycles. The minimum absolute atomic E-state index is 0.0998. The predicted octanol–water partition coefficient (Wildman–Crippen LogP) is 2.19. The Morgan fingerprint density at radius 1 is 0.952 bits per heavy atom. The van der Waals surface area contributed by atoms with Crippen LogP contribution in [0, 0.1) is 0 Å². The van der Waals surface area contributed by atoms with E-state index in [1.807, 2.05) is 54.6 Å². The second-order valence-electron chi connectivity index (χ2n) is 4.59. The van der Waals surface area contributed by atoms with Crippen molar-refractivity contribution in [3.8, 4) is 11.1 Å². The van der Waals surface area contributed by atoms with E-state index < -0.39 is 5.97 Å². The normalized spacial score (nSPS) is 9.95. The summed E-state index contributed by atoms with van der Waals surface area (Å²) in [4.78, 5) is 22.6. The Morgan fingerprint density at radius 2 is 1.57 bits per heavy atom. The molecule has 0 radical (unpaired) electrons. The number of nitrogens with one attached hydrogen (secondary N) is 1. The lowest BCUT2D eigenvalue weighted by Gasteiger charge is -2.06. The summed E-state index contributed by atoms with van der Waals surface area (Å²) in [6.07, 6.45) is 0.242. The Balaban J connectivity index is 1.94. The van der Waals surface area contributed by atoms with Crippen LogP contribution in [0.25, 0.3) is 11.1 Å². The fourth-order valence-corrected chi connectivity index (χ4v) is 1.94. The minimum Gasteiger partial charge on any atom is -0.468 e. The number of methoxy groups -OCH3 is 1. The van der Waals surface area contributed by atoms with Crippen molar-refractivity contribution in [3.63, 3.8) is 0 Å². The van der Waals surface area contributed by atoms with Crippen LogP contribution in [-0.2, 0) is 20.7 Å². The van der Waals surface area contributed by atoms with Gasteiger partial charge in [0.05, 0.1) is 13.5 Å². The van der Waals surface area contributed by atoms with Crippen LogP contribution in [0.4, 0.5) is 0 Å². The molecule has 0 bridgehead atoms. The van der Waals surface area contributed by atoms with Crippen LogP contribution in [0.15, 0.2) is 54.6 Å². The van der Waals surface area contributed by atoms with E-state index in [0.29, 0.717) is 0 Å². The van der Waals surface area contributed by atoms with E-state index in [1.54, 1.807) is 0 Å². The van der Waals surface area contributed by atoms with Gasteiger partial charge in [0.1, 0.15) is 6.54 Å². The Kier molecular flexibility index (Phi) is 5.10. The van der Waals surface area contributed by atoms with E-state index in [0.717, 1.165) is 16.7 Å². The van der Waals surface area contributed by atoms with Crippen LogP contribution in [0.1, 0.15) is 5.56 Å². The van der Waals surface area contributed by atoms with Gasteiger partial charge in [-0.05, 0) is 16.7 Å². The average Bonchev–Trinajstić information content (AvgIpc) is 2.54. The van der Waals surface area contributed by atoms with Crippen molar-refractivity contribution < 1.29 is 14.3 Å². The van der Waals surface area contributed by atoms with Crippen molar-refractivity contribution >= 4 is 11.9 Å². The molecule has 0 saturated heterocycles. The molecule has 1 N–H and O–H groups in total. The Labute approximate surface area is 123 Å². The zero-order valence-electron chi connectivity index (χ0n) is 11.8. The second kappa shape index (κ2) is 7.24. The Hall–Kier alpha value is -2.62. The fraction of sp³-hybridized carbons (Fsp3) is 0.176. The SMILES string of the molecule is COC(=O)CNC(=O)Cc1ccc(-c2ccccc2)cc1. The molecule has 0 aliphatic carbocycles. The van der Waals surface area contributed by atoms with Crippen LogP contribution < -0.4 is 5.32 Å². The number of hydrogen-bond acceptors (Lipinski definition) is 3. The van der Waals surface area contributed by atoms with E-state index in [1.165, 1.54) is 7.11 Å². The topological polar surface area (TPSA) is 55.4 Å². The van der Waals surface area contributed by atoms with Crippen molar-refractivity contribution in [1.82, 2.24) is 5.32 Å². The van der Waals surface area contributed by atoms with Gasteiger partial charge in [-0.15, -0.1) is 0 Å². The predicted molar refractivity (Wildman–Crippen MR) is 80.6 cm³/mol. The third kappa shape index (κ3) is 4.45. The summed E-state index contributed by atoms with van der Waals surface area (Å²) in [5.41, 5.74) is 3.14. The largest absolute Gasteiger partial charge is 0.468 e. The highest BCUT2D eigenvalue weighted by molar-refractivity contribution is 5.83. The van der Waals surface area contributed by atoms with Crippen molar-refractivity contribution in [2.75, 3.05) is 13.7 Å². The lowest BCUT2D eigenvalue weighted by molar-refractivity contribution is -0.141. The molecule has 0 saturated carbocycles. The zero-order valence-corrected chi connectivity index (χ0v) is 11.8. The lowest BCUT2D eigenvalue weighted by atomic mass is 10.0. The fourth-order valence-electron chi connectivity index (χ4n) is 1.94. The molecule has 0 aliphatic heterocycles.